The fraction of sp³-hybridized carbons (Fsp3) is 0.308. The van der Waals surface area contributed by atoms with Crippen LogP contribution in [0.2, 0.25) is 0 Å². The van der Waals surface area contributed by atoms with E-state index in [-0.39, 0.29) is 5.65 Å². The standard InChI is InChI=1S/C26H28N8O4/c1-15-27-24-22(25(35)34(17(3)38-5)26(36)33(24)16(2)37-4)32(15)14-18-10-12-19(13-11-18)20-8-6-7-9-21(20)23-28-30-31-29-23/h6-13,16-17H,14H2,1-5H3,(H,28,29,30,31). The first-order valence-corrected chi connectivity index (χ1v) is 12.1. The van der Waals surface area contributed by atoms with Gasteiger partial charge in [-0.05, 0) is 42.7 Å². The van der Waals surface area contributed by atoms with Gasteiger partial charge in [0.15, 0.2) is 11.2 Å². The molecule has 2 atom stereocenters. The molecule has 0 radical (unpaired) electrons. The van der Waals surface area contributed by atoms with Crippen LogP contribution in [0.4, 0.5) is 0 Å². The Morgan fingerprint density at radius 1 is 0.921 bits per heavy atom. The predicted octanol–water partition coefficient (Wildman–Crippen LogP) is 2.89. The molecule has 196 valence electrons. The number of H-pyrrole nitrogens is 1. The van der Waals surface area contributed by atoms with E-state index in [1.807, 2.05) is 60.0 Å². The molecule has 3 heterocycles. The van der Waals surface area contributed by atoms with Crippen LogP contribution in [0.15, 0.2) is 58.1 Å². The Morgan fingerprint density at radius 2 is 1.58 bits per heavy atom. The van der Waals surface area contributed by atoms with Crippen LogP contribution in [0.25, 0.3) is 33.7 Å². The Kier molecular flexibility index (Phi) is 6.74. The maximum atomic E-state index is 13.6. The minimum atomic E-state index is -0.767. The number of nitrogens with zero attached hydrogens (tertiary/aromatic N) is 7. The van der Waals surface area contributed by atoms with Crippen LogP contribution >= 0.6 is 0 Å². The number of aromatic nitrogens is 8. The number of aryl methyl sites for hydroxylation is 1. The molecule has 5 aromatic rings. The molecule has 0 aliphatic heterocycles. The van der Waals surface area contributed by atoms with Gasteiger partial charge in [-0.1, -0.05) is 48.5 Å². The Labute approximate surface area is 217 Å². The maximum absolute atomic E-state index is 13.6. The van der Waals surface area contributed by atoms with Gasteiger partial charge < -0.3 is 14.0 Å². The van der Waals surface area contributed by atoms with E-state index in [9.17, 15) is 9.59 Å². The number of nitrogens with one attached hydrogen (secondary N) is 1. The monoisotopic (exact) mass is 516 g/mol. The second kappa shape index (κ2) is 10.1. The quantitative estimate of drug-likeness (QED) is 0.333. The van der Waals surface area contributed by atoms with Crippen molar-refractivity contribution in [1.29, 1.82) is 0 Å². The summed E-state index contributed by atoms with van der Waals surface area (Å²) in [6, 6.07) is 15.9. The third-order valence-electron chi connectivity index (χ3n) is 6.73. The van der Waals surface area contributed by atoms with Gasteiger partial charge in [0, 0.05) is 26.3 Å². The van der Waals surface area contributed by atoms with Crippen LogP contribution in [0, 0.1) is 6.92 Å². The summed E-state index contributed by atoms with van der Waals surface area (Å²) in [4.78, 5) is 31.4. The van der Waals surface area contributed by atoms with Gasteiger partial charge in [0.25, 0.3) is 5.56 Å². The third kappa shape index (κ3) is 4.23. The maximum Gasteiger partial charge on any atom is 0.337 e. The molecule has 12 nitrogen and oxygen atoms in total. The largest absolute Gasteiger partial charge is 0.361 e. The first-order chi connectivity index (χ1) is 18.3. The molecule has 2 aromatic carbocycles. The molecule has 38 heavy (non-hydrogen) atoms. The Morgan fingerprint density at radius 3 is 2.21 bits per heavy atom. The van der Waals surface area contributed by atoms with Crippen LogP contribution < -0.4 is 11.2 Å². The smallest absolute Gasteiger partial charge is 0.337 e. The van der Waals surface area contributed by atoms with Gasteiger partial charge in [0.1, 0.15) is 18.3 Å². The molecule has 0 amide bonds. The molecule has 0 spiro atoms. The number of benzene rings is 2. The molecule has 0 saturated heterocycles. The lowest BCUT2D eigenvalue weighted by Gasteiger charge is -2.19. The lowest BCUT2D eigenvalue weighted by molar-refractivity contribution is 0.0374. The topological polar surface area (TPSA) is 135 Å². The molecule has 0 fully saturated rings. The van der Waals surface area contributed by atoms with Gasteiger partial charge in [-0.2, -0.15) is 5.21 Å². The van der Waals surface area contributed by atoms with Gasteiger partial charge >= 0.3 is 5.69 Å². The van der Waals surface area contributed by atoms with Crippen molar-refractivity contribution in [2.45, 2.75) is 39.8 Å². The number of aromatic amines is 1. The third-order valence-corrected chi connectivity index (χ3v) is 6.73. The summed E-state index contributed by atoms with van der Waals surface area (Å²) in [6.07, 6.45) is -1.40. The first kappa shape index (κ1) is 25.2. The van der Waals surface area contributed by atoms with Crippen molar-refractivity contribution < 1.29 is 9.47 Å². The van der Waals surface area contributed by atoms with E-state index in [0.717, 1.165) is 26.8 Å². The highest BCUT2D eigenvalue weighted by atomic mass is 16.5. The van der Waals surface area contributed by atoms with E-state index in [1.54, 1.807) is 13.8 Å². The number of ether oxygens (including phenoxy) is 2. The number of hydrogen-bond acceptors (Lipinski definition) is 8. The van der Waals surface area contributed by atoms with Crippen LogP contribution in [-0.2, 0) is 16.0 Å². The highest BCUT2D eigenvalue weighted by Gasteiger charge is 2.25. The zero-order chi connectivity index (χ0) is 27.0. The normalized spacial score (nSPS) is 13.2. The lowest BCUT2D eigenvalue weighted by Crippen LogP contribution is -2.43. The van der Waals surface area contributed by atoms with Gasteiger partial charge in [0.2, 0.25) is 5.82 Å². The van der Waals surface area contributed by atoms with Gasteiger partial charge in [-0.25, -0.2) is 18.9 Å². The minimum absolute atomic E-state index is 0.275. The van der Waals surface area contributed by atoms with E-state index in [2.05, 4.69) is 25.6 Å². The number of fused-ring (bicyclic) bond motifs is 1. The Bertz CT molecular complexity index is 1700. The SMILES string of the molecule is COC(C)n1c(=O)c2c(nc(C)n2Cc2ccc(-c3ccccc3-c3nn[nH]n3)cc2)n(C(C)OC)c1=O. The van der Waals surface area contributed by atoms with Crippen molar-refractivity contribution >= 4 is 11.2 Å². The average Bonchev–Trinajstić information content (AvgIpc) is 3.57. The molecule has 3 aromatic heterocycles. The molecule has 0 bridgehead atoms. The van der Waals surface area contributed by atoms with E-state index >= 15 is 0 Å². The second-order valence-electron chi connectivity index (χ2n) is 8.89. The Balaban J connectivity index is 1.59. The fourth-order valence-electron chi connectivity index (χ4n) is 4.57. The molecular formula is C26H28N8O4. The predicted molar refractivity (Wildman–Crippen MR) is 141 cm³/mol. The van der Waals surface area contributed by atoms with E-state index in [0.29, 0.717) is 23.7 Å². The summed E-state index contributed by atoms with van der Waals surface area (Å²) >= 11 is 0. The number of methoxy groups -OCH3 is 2. The van der Waals surface area contributed by atoms with Crippen LogP contribution in [0.3, 0.4) is 0 Å². The average molecular weight is 517 g/mol. The van der Waals surface area contributed by atoms with Crippen LogP contribution in [-0.4, -0.2) is 53.5 Å². The number of rotatable bonds is 8. The molecule has 12 heteroatoms. The zero-order valence-electron chi connectivity index (χ0n) is 21.7. The number of hydrogen-bond donors (Lipinski definition) is 1. The van der Waals surface area contributed by atoms with Gasteiger partial charge in [-0.15, -0.1) is 10.2 Å². The Hall–Kier alpha value is -4.42. The molecule has 0 saturated carbocycles. The summed E-state index contributed by atoms with van der Waals surface area (Å²) in [6.45, 7) is 5.57. The number of tetrazole rings is 1. The zero-order valence-corrected chi connectivity index (χ0v) is 21.7. The van der Waals surface area contributed by atoms with Crippen LogP contribution in [0.1, 0.15) is 37.7 Å². The number of imidazole rings is 1. The van der Waals surface area contributed by atoms with Crippen LogP contribution in [0.5, 0.6) is 0 Å². The fourth-order valence-corrected chi connectivity index (χ4v) is 4.57. The van der Waals surface area contributed by atoms with Gasteiger partial charge in [0.05, 0.1) is 0 Å². The molecule has 0 aliphatic rings. The summed E-state index contributed by atoms with van der Waals surface area (Å²) in [7, 11) is 2.95. The lowest BCUT2D eigenvalue weighted by atomic mass is 9.98. The molecular weight excluding hydrogens is 488 g/mol. The molecule has 2 unspecified atom stereocenters. The summed E-state index contributed by atoms with van der Waals surface area (Å²) < 4.78 is 15.1. The molecule has 0 aliphatic carbocycles. The molecule has 1 N–H and O–H groups in total. The summed E-state index contributed by atoms with van der Waals surface area (Å²) in [5.74, 6) is 1.12. The van der Waals surface area contributed by atoms with Crippen molar-refractivity contribution in [3.63, 3.8) is 0 Å². The van der Waals surface area contributed by atoms with Gasteiger partial charge in [-0.3, -0.25) is 4.79 Å². The van der Waals surface area contributed by atoms with E-state index < -0.39 is 23.7 Å². The van der Waals surface area contributed by atoms with Crippen molar-refractivity contribution in [1.82, 2.24) is 39.3 Å². The van der Waals surface area contributed by atoms with E-state index in [4.69, 9.17) is 9.47 Å². The van der Waals surface area contributed by atoms with Crippen molar-refractivity contribution in [3.05, 3.63) is 80.8 Å². The summed E-state index contributed by atoms with van der Waals surface area (Å²) in [5.41, 5.74) is 3.35. The minimum Gasteiger partial charge on any atom is -0.361 e. The first-order valence-electron chi connectivity index (χ1n) is 12.1. The van der Waals surface area contributed by atoms with Crippen molar-refractivity contribution in [3.8, 4) is 22.5 Å². The summed E-state index contributed by atoms with van der Waals surface area (Å²) in [5, 5.41) is 14.4. The molecule has 5 rings (SSSR count). The highest BCUT2D eigenvalue weighted by molar-refractivity contribution is 5.80. The van der Waals surface area contributed by atoms with Crippen molar-refractivity contribution in [2.24, 2.45) is 0 Å². The second-order valence-corrected chi connectivity index (χ2v) is 8.89. The van der Waals surface area contributed by atoms with E-state index in [1.165, 1.54) is 18.8 Å². The highest BCUT2D eigenvalue weighted by Crippen LogP contribution is 2.30. The van der Waals surface area contributed by atoms with Crippen molar-refractivity contribution in [2.75, 3.05) is 14.2 Å².